The van der Waals surface area contributed by atoms with Gasteiger partial charge in [0.1, 0.15) is 24.7 Å². The van der Waals surface area contributed by atoms with Crippen LogP contribution in [-0.4, -0.2) is 43.8 Å². The van der Waals surface area contributed by atoms with Gasteiger partial charge >= 0.3 is 5.95 Å². The number of likely N-dealkylation sites (N-methyl/N-ethyl adjacent to an activating group) is 1. The second kappa shape index (κ2) is 5.74. The van der Waals surface area contributed by atoms with Crippen LogP contribution in [0.15, 0.2) is 6.20 Å². The fourth-order valence-electron chi connectivity index (χ4n) is 1.75. The lowest BCUT2D eigenvalue weighted by molar-refractivity contribution is -0.397. The Labute approximate surface area is 99.8 Å². The molecule has 7 nitrogen and oxygen atoms in total. The minimum atomic E-state index is -0.739. The molecule has 0 saturated heterocycles. The molecule has 1 aromatic heterocycles. The number of aromatic nitrogens is 2. The maximum Gasteiger partial charge on any atom is 0.434 e. The van der Waals surface area contributed by atoms with Crippen LogP contribution < -0.4 is 0 Å². The van der Waals surface area contributed by atoms with Crippen LogP contribution in [0.25, 0.3) is 0 Å². The smallest absolute Gasteiger partial charge is 0.390 e. The van der Waals surface area contributed by atoms with Crippen LogP contribution in [0.3, 0.4) is 0 Å². The Hall–Kier alpha value is -1.47. The van der Waals surface area contributed by atoms with Crippen molar-refractivity contribution in [2.75, 3.05) is 13.1 Å². The Balaban J connectivity index is 2.83. The van der Waals surface area contributed by atoms with Gasteiger partial charge in [-0.3, -0.25) is 4.90 Å². The zero-order valence-electron chi connectivity index (χ0n) is 10.3. The van der Waals surface area contributed by atoms with Gasteiger partial charge in [-0.05, 0) is 24.9 Å². The summed E-state index contributed by atoms with van der Waals surface area (Å²) in [4.78, 5) is 15.8. The van der Waals surface area contributed by atoms with Crippen LogP contribution >= 0.6 is 0 Å². The molecule has 0 fully saturated rings. The normalized spacial score (nSPS) is 13.0. The lowest BCUT2D eigenvalue weighted by Crippen LogP contribution is -2.38. The van der Waals surface area contributed by atoms with E-state index in [9.17, 15) is 15.2 Å². The van der Waals surface area contributed by atoms with Crippen molar-refractivity contribution in [2.24, 2.45) is 0 Å². The molecule has 0 bridgehead atoms. The summed E-state index contributed by atoms with van der Waals surface area (Å²) in [6, 6.07) is 0. The predicted molar refractivity (Wildman–Crippen MR) is 62.5 cm³/mol. The van der Waals surface area contributed by atoms with E-state index in [1.807, 2.05) is 18.7 Å². The zero-order chi connectivity index (χ0) is 13.0. The zero-order valence-corrected chi connectivity index (χ0v) is 10.3. The maximum absolute atomic E-state index is 10.8. The number of aliphatic hydroxyl groups is 1. The number of nitro groups is 1. The van der Waals surface area contributed by atoms with Crippen molar-refractivity contribution in [3.05, 3.63) is 22.0 Å². The number of nitrogens with zero attached hydrogens (tertiary/aromatic N) is 4. The maximum atomic E-state index is 10.8. The van der Waals surface area contributed by atoms with E-state index in [1.165, 1.54) is 4.57 Å². The van der Waals surface area contributed by atoms with Crippen LogP contribution in [0.2, 0.25) is 0 Å². The van der Waals surface area contributed by atoms with Gasteiger partial charge in [0.25, 0.3) is 0 Å². The first-order valence-electron chi connectivity index (χ1n) is 5.59. The summed E-state index contributed by atoms with van der Waals surface area (Å²) in [5.74, 6) is -0.228. The molecule has 0 radical (unpaired) electrons. The molecule has 1 aromatic rings. The van der Waals surface area contributed by atoms with E-state index < -0.39 is 11.2 Å². The minimum absolute atomic E-state index is 0.152. The number of hydrogen-bond acceptors (Lipinski definition) is 5. The highest BCUT2D eigenvalue weighted by molar-refractivity contribution is 5.13. The Morgan fingerprint density at radius 1 is 1.59 bits per heavy atom. The quantitative estimate of drug-likeness (QED) is 0.452. The molecule has 0 spiro atoms. The van der Waals surface area contributed by atoms with Gasteiger partial charge in [-0.25, -0.2) is 4.57 Å². The summed E-state index contributed by atoms with van der Waals surface area (Å²) >= 11 is 0. The molecule has 7 heteroatoms. The van der Waals surface area contributed by atoms with Gasteiger partial charge in [0.05, 0.1) is 0 Å². The van der Waals surface area contributed by atoms with E-state index >= 15 is 0 Å². The topological polar surface area (TPSA) is 84.4 Å². The van der Waals surface area contributed by atoms with E-state index in [0.29, 0.717) is 18.8 Å². The van der Waals surface area contributed by atoms with E-state index in [2.05, 4.69) is 4.98 Å². The van der Waals surface area contributed by atoms with Gasteiger partial charge in [-0.15, -0.1) is 0 Å². The lowest BCUT2D eigenvalue weighted by Gasteiger charge is -2.23. The van der Waals surface area contributed by atoms with Gasteiger partial charge in [0.2, 0.25) is 0 Å². The summed E-state index contributed by atoms with van der Waals surface area (Å²) in [6.45, 7) is 7.09. The fourth-order valence-corrected chi connectivity index (χ4v) is 1.75. The number of aliphatic hydroxyl groups excluding tert-OH is 1. The largest absolute Gasteiger partial charge is 0.434 e. The average Bonchev–Trinajstić information content (AvgIpc) is 2.61. The van der Waals surface area contributed by atoms with Crippen LogP contribution in [0.1, 0.15) is 19.5 Å². The Morgan fingerprint density at radius 3 is 2.65 bits per heavy atom. The molecule has 1 rings (SSSR count). The number of imidazole rings is 1. The summed E-state index contributed by atoms with van der Waals surface area (Å²) < 4.78 is 1.37. The molecule has 0 saturated carbocycles. The van der Waals surface area contributed by atoms with E-state index in [0.717, 1.165) is 0 Å². The standard InChI is InChI=1S/C10H18N4O3/c1-4-12(5-2)9(15)7-13-6-8(3)11-10(13)14(16)17/h6,9,15H,4-5,7H2,1-3H3. The van der Waals surface area contributed by atoms with Crippen molar-refractivity contribution >= 4 is 5.95 Å². The summed E-state index contributed by atoms with van der Waals surface area (Å²) in [6.07, 6.45) is 0.836. The van der Waals surface area contributed by atoms with Gasteiger partial charge in [0.15, 0.2) is 0 Å². The molecular formula is C10H18N4O3. The third-order valence-corrected chi connectivity index (χ3v) is 2.63. The Morgan fingerprint density at radius 2 is 2.18 bits per heavy atom. The van der Waals surface area contributed by atoms with Crippen molar-refractivity contribution in [2.45, 2.75) is 33.5 Å². The predicted octanol–water partition coefficient (Wildman–Crippen LogP) is 0.760. The molecule has 0 aliphatic carbocycles. The van der Waals surface area contributed by atoms with E-state index in [1.54, 1.807) is 13.1 Å². The molecule has 1 heterocycles. The monoisotopic (exact) mass is 242 g/mol. The van der Waals surface area contributed by atoms with Crippen LogP contribution in [0.4, 0.5) is 5.95 Å². The molecular weight excluding hydrogens is 224 g/mol. The van der Waals surface area contributed by atoms with Gasteiger partial charge in [-0.1, -0.05) is 18.8 Å². The van der Waals surface area contributed by atoms with Crippen LogP contribution in [0.5, 0.6) is 0 Å². The molecule has 0 amide bonds. The van der Waals surface area contributed by atoms with Crippen molar-refractivity contribution in [3.8, 4) is 0 Å². The highest BCUT2D eigenvalue weighted by Crippen LogP contribution is 2.12. The minimum Gasteiger partial charge on any atom is -0.390 e. The SMILES string of the molecule is CCN(CC)C(O)Cn1cc(C)nc1[N+](=O)[O-]. The molecule has 0 aromatic carbocycles. The van der Waals surface area contributed by atoms with Crippen molar-refractivity contribution < 1.29 is 10.0 Å². The Kier molecular flexibility index (Phi) is 4.59. The molecule has 1 N–H and O–H groups in total. The van der Waals surface area contributed by atoms with Crippen molar-refractivity contribution in [3.63, 3.8) is 0 Å². The highest BCUT2D eigenvalue weighted by Gasteiger charge is 2.22. The van der Waals surface area contributed by atoms with Crippen molar-refractivity contribution in [1.29, 1.82) is 0 Å². The molecule has 1 unspecified atom stereocenters. The highest BCUT2D eigenvalue weighted by atomic mass is 16.6. The second-order valence-electron chi connectivity index (χ2n) is 3.79. The number of hydrogen-bond donors (Lipinski definition) is 1. The fraction of sp³-hybridized carbons (Fsp3) is 0.700. The van der Waals surface area contributed by atoms with E-state index in [4.69, 9.17) is 0 Å². The van der Waals surface area contributed by atoms with E-state index in [-0.39, 0.29) is 12.5 Å². The third kappa shape index (κ3) is 3.24. The van der Waals surface area contributed by atoms with Gasteiger partial charge < -0.3 is 15.2 Å². The Bertz CT molecular complexity index is 387. The number of rotatable bonds is 6. The molecule has 17 heavy (non-hydrogen) atoms. The first-order valence-corrected chi connectivity index (χ1v) is 5.59. The first-order chi connectivity index (χ1) is 7.99. The van der Waals surface area contributed by atoms with Crippen LogP contribution in [-0.2, 0) is 6.54 Å². The first kappa shape index (κ1) is 13.6. The number of aryl methyl sites for hydroxylation is 1. The summed E-state index contributed by atoms with van der Waals surface area (Å²) in [7, 11) is 0. The molecule has 0 aliphatic rings. The summed E-state index contributed by atoms with van der Waals surface area (Å²) in [5.41, 5.74) is 0.573. The molecule has 0 aliphatic heterocycles. The van der Waals surface area contributed by atoms with Gasteiger partial charge in [-0.2, -0.15) is 0 Å². The van der Waals surface area contributed by atoms with Crippen LogP contribution in [0, 0.1) is 17.0 Å². The molecule has 96 valence electrons. The van der Waals surface area contributed by atoms with Crippen molar-refractivity contribution in [1.82, 2.24) is 14.5 Å². The van der Waals surface area contributed by atoms with Gasteiger partial charge in [0, 0.05) is 0 Å². The summed E-state index contributed by atoms with van der Waals surface area (Å²) in [5, 5.41) is 20.7. The lowest BCUT2D eigenvalue weighted by atomic mass is 10.4. The second-order valence-corrected chi connectivity index (χ2v) is 3.79. The molecule has 1 atom stereocenters. The average molecular weight is 242 g/mol. The third-order valence-electron chi connectivity index (χ3n) is 2.63.